The van der Waals surface area contributed by atoms with Gasteiger partial charge in [0.15, 0.2) is 5.82 Å². The van der Waals surface area contributed by atoms with Gasteiger partial charge in [-0.05, 0) is 31.1 Å². The summed E-state index contributed by atoms with van der Waals surface area (Å²) >= 11 is 0. The van der Waals surface area contributed by atoms with E-state index in [1.165, 1.54) is 6.20 Å². The summed E-state index contributed by atoms with van der Waals surface area (Å²) in [5.74, 6) is 0.648. The van der Waals surface area contributed by atoms with Crippen LogP contribution in [0.3, 0.4) is 0 Å². The molecule has 2 rings (SSSR count). The number of aryl methyl sites for hydroxylation is 1. The fourth-order valence-corrected chi connectivity index (χ4v) is 4.41. The summed E-state index contributed by atoms with van der Waals surface area (Å²) in [6.07, 6.45) is 3.32. The van der Waals surface area contributed by atoms with Crippen molar-refractivity contribution in [2.75, 3.05) is 18.8 Å². The molecule has 120 valence electrons. The van der Waals surface area contributed by atoms with Gasteiger partial charge in [-0.2, -0.15) is 9.40 Å². The lowest BCUT2D eigenvalue weighted by atomic mass is 9.76. The number of sulfonamides is 1. The van der Waals surface area contributed by atoms with Gasteiger partial charge < -0.3 is 5.73 Å². The number of nitrogens with two attached hydrogens (primary N) is 1. The van der Waals surface area contributed by atoms with Crippen LogP contribution in [-0.2, 0) is 16.6 Å². The molecule has 0 aliphatic carbocycles. The minimum Gasteiger partial charge on any atom is -0.381 e. The predicted molar refractivity (Wildman–Crippen MR) is 83.3 cm³/mol. The summed E-state index contributed by atoms with van der Waals surface area (Å²) in [6.45, 7) is 10.3. The number of aromatic nitrogens is 2. The van der Waals surface area contributed by atoms with E-state index in [9.17, 15) is 8.42 Å². The Balaban J connectivity index is 2.17. The van der Waals surface area contributed by atoms with E-state index in [1.807, 2.05) is 6.92 Å². The Morgan fingerprint density at radius 3 is 2.33 bits per heavy atom. The summed E-state index contributed by atoms with van der Waals surface area (Å²) in [4.78, 5) is 0.138. The SMILES string of the molecule is CCn1cc(S(=O)(=O)N2CCC(C(C)(C)C)CC2)c(N)n1. The summed E-state index contributed by atoms with van der Waals surface area (Å²) in [5.41, 5.74) is 5.99. The highest BCUT2D eigenvalue weighted by molar-refractivity contribution is 7.89. The topological polar surface area (TPSA) is 81.2 Å². The molecule has 0 spiro atoms. The molecule has 1 fully saturated rings. The number of rotatable bonds is 3. The lowest BCUT2D eigenvalue weighted by Gasteiger charge is -2.38. The third-order valence-corrected chi connectivity index (χ3v) is 6.29. The van der Waals surface area contributed by atoms with Crippen LogP contribution in [0.4, 0.5) is 5.82 Å². The molecule has 1 saturated heterocycles. The Morgan fingerprint density at radius 2 is 1.90 bits per heavy atom. The average molecular weight is 314 g/mol. The van der Waals surface area contributed by atoms with Gasteiger partial charge in [0, 0.05) is 25.8 Å². The lowest BCUT2D eigenvalue weighted by Crippen LogP contribution is -2.41. The molecule has 2 heterocycles. The molecule has 0 atom stereocenters. The molecule has 1 aliphatic rings. The number of nitrogens with zero attached hydrogens (tertiary/aromatic N) is 3. The first-order valence-corrected chi connectivity index (χ1v) is 8.93. The van der Waals surface area contributed by atoms with Crippen molar-refractivity contribution in [2.24, 2.45) is 11.3 Å². The monoisotopic (exact) mass is 314 g/mol. The first-order chi connectivity index (χ1) is 9.66. The van der Waals surface area contributed by atoms with Crippen LogP contribution in [0.15, 0.2) is 11.1 Å². The largest absolute Gasteiger partial charge is 0.381 e. The number of anilines is 1. The zero-order valence-corrected chi connectivity index (χ0v) is 14.2. The van der Waals surface area contributed by atoms with E-state index in [2.05, 4.69) is 25.9 Å². The van der Waals surface area contributed by atoms with Crippen LogP contribution in [0, 0.1) is 11.3 Å². The van der Waals surface area contributed by atoms with Crippen LogP contribution >= 0.6 is 0 Å². The maximum Gasteiger partial charge on any atom is 0.248 e. The molecular formula is C14H26N4O2S. The molecule has 1 aromatic rings. The van der Waals surface area contributed by atoms with E-state index < -0.39 is 10.0 Å². The van der Waals surface area contributed by atoms with Crippen LogP contribution < -0.4 is 5.73 Å². The van der Waals surface area contributed by atoms with Crippen molar-refractivity contribution < 1.29 is 8.42 Å². The zero-order valence-electron chi connectivity index (χ0n) is 13.3. The van der Waals surface area contributed by atoms with Crippen molar-refractivity contribution in [1.82, 2.24) is 14.1 Å². The fourth-order valence-electron chi connectivity index (χ4n) is 2.88. The molecule has 0 amide bonds. The van der Waals surface area contributed by atoms with Gasteiger partial charge in [0.25, 0.3) is 0 Å². The first kappa shape index (κ1) is 16.3. The second-order valence-electron chi connectivity index (χ2n) is 6.78. The van der Waals surface area contributed by atoms with E-state index in [1.54, 1.807) is 8.99 Å². The van der Waals surface area contributed by atoms with Gasteiger partial charge in [-0.15, -0.1) is 0 Å². The summed E-state index contributed by atoms with van der Waals surface area (Å²) < 4.78 is 28.5. The molecule has 0 aromatic carbocycles. The highest BCUT2D eigenvalue weighted by Crippen LogP contribution is 2.36. The normalized spacial score (nSPS) is 19.0. The quantitative estimate of drug-likeness (QED) is 0.924. The van der Waals surface area contributed by atoms with Gasteiger partial charge in [0.05, 0.1) is 0 Å². The van der Waals surface area contributed by atoms with Crippen molar-refractivity contribution >= 4 is 15.8 Å². The van der Waals surface area contributed by atoms with Gasteiger partial charge in [0.1, 0.15) is 4.90 Å². The number of hydrogen-bond acceptors (Lipinski definition) is 4. The van der Waals surface area contributed by atoms with E-state index in [0.717, 1.165) is 12.8 Å². The van der Waals surface area contributed by atoms with Gasteiger partial charge in [-0.3, -0.25) is 4.68 Å². The number of nitrogen functional groups attached to an aromatic ring is 1. The highest BCUT2D eigenvalue weighted by Gasteiger charge is 2.35. The van der Waals surface area contributed by atoms with Gasteiger partial charge in [-0.1, -0.05) is 20.8 Å². The second-order valence-corrected chi connectivity index (χ2v) is 8.69. The Kier molecular flexibility index (Phi) is 4.35. The van der Waals surface area contributed by atoms with Gasteiger partial charge in [0.2, 0.25) is 10.0 Å². The van der Waals surface area contributed by atoms with Crippen molar-refractivity contribution in [3.05, 3.63) is 6.20 Å². The molecule has 21 heavy (non-hydrogen) atoms. The Hall–Kier alpha value is -1.08. The van der Waals surface area contributed by atoms with Crippen LogP contribution in [0.5, 0.6) is 0 Å². The molecular weight excluding hydrogens is 288 g/mol. The third kappa shape index (κ3) is 3.23. The van der Waals surface area contributed by atoms with Crippen LogP contribution in [0.2, 0.25) is 0 Å². The molecule has 2 N–H and O–H groups in total. The molecule has 0 bridgehead atoms. The molecule has 7 heteroatoms. The van der Waals surface area contributed by atoms with Crippen LogP contribution in [0.1, 0.15) is 40.5 Å². The highest BCUT2D eigenvalue weighted by atomic mass is 32.2. The lowest BCUT2D eigenvalue weighted by molar-refractivity contribution is 0.154. The minimum atomic E-state index is -3.53. The summed E-state index contributed by atoms with van der Waals surface area (Å²) in [5, 5.41) is 4.03. The Morgan fingerprint density at radius 1 is 1.33 bits per heavy atom. The average Bonchev–Trinajstić information content (AvgIpc) is 2.80. The maximum atomic E-state index is 12.7. The summed E-state index contributed by atoms with van der Waals surface area (Å²) in [6, 6.07) is 0. The zero-order chi connectivity index (χ0) is 15.8. The molecule has 0 unspecified atom stereocenters. The molecule has 1 aromatic heterocycles. The fraction of sp³-hybridized carbons (Fsp3) is 0.786. The van der Waals surface area contributed by atoms with Crippen LogP contribution in [0.25, 0.3) is 0 Å². The molecule has 0 saturated carbocycles. The molecule has 6 nitrogen and oxygen atoms in total. The van der Waals surface area contributed by atoms with Gasteiger partial charge >= 0.3 is 0 Å². The summed E-state index contributed by atoms with van der Waals surface area (Å²) in [7, 11) is -3.53. The van der Waals surface area contributed by atoms with E-state index >= 15 is 0 Å². The smallest absolute Gasteiger partial charge is 0.248 e. The number of hydrogen-bond donors (Lipinski definition) is 1. The maximum absolute atomic E-state index is 12.7. The van der Waals surface area contributed by atoms with E-state index in [0.29, 0.717) is 25.6 Å². The first-order valence-electron chi connectivity index (χ1n) is 7.49. The molecule has 0 radical (unpaired) electrons. The standard InChI is InChI=1S/C14H26N4O2S/c1-5-17-10-12(13(15)16-17)21(19,20)18-8-6-11(7-9-18)14(2,3)4/h10-11H,5-9H2,1-4H3,(H2,15,16). The van der Waals surface area contributed by atoms with Crippen molar-refractivity contribution in [1.29, 1.82) is 0 Å². The minimum absolute atomic E-state index is 0.0924. The van der Waals surface area contributed by atoms with Crippen molar-refractivity contribution in [3.8, 4) is 0 Å². The second kappa shape index (κ2) is 5.61. The van der Waals surface area contributed by atoms with Crippen molar-refractivity contribution in [2.45, 2.75) is 52.0 Å². The Labute approximate surface area is 127 Å². The third-order valence-electron chi connectivity index (χ3n) is 4.38. The predicted octanol–water partition coefficient (Wildman–Crippen LogP) is 1.93. The van der Waals surface area contributed by atoms with Crippen molar-refractivity contribution in [3.63, 3.8) is 0 Å². The van der Waals surface area contributed by atoms with Crippen LogP contribution in [-0.4, -0.2) is 35.6 Å². The van der Waals surface area contributed by atoms with E-state index in [4.69, 9.17) is 5.73 Å². The number of piperidine rings is 1. The van der Waals surface area contributed by atoms with Gasteiger partial charge in [-0.25, -0.2) is 8.42 Å². The Bertz CT molecular complexity index is 593. The molecule has 1 aliphatic heterocycles. The van der Waals surface area contributed by atoms with E-state index in [-0.39, 0.29) is 16.1 Å².